The van der Waals surface area contributed by atoms with Crippen LogP contribution in [0.25, 0.3) is 0 Å². The van der Waals surface area contributed by atoms with E-state index in [-0.39, 0.29) is 5.97 Å². The van der Waals surface area contributed by atoms with Gasteiger partial charge in [-0.25, -0.2) is 4.79 Å². The molecule has 3 aromatic carbocycles. The first-order chi connectivity index (χ1) is 12.2. The summed E-state index contributed by atoms with van der Waals surface area (Å²) in [6.07, 6.45) is 1.68. The van der Waals surface area contributed by atoms with Crippen molar-refractivity contribution in [1.82, 2.24) is 0 Å². The third-order valence-corrected chi connectivity index (χ3v) is 3.60. The summed E-state index contributed by atoms with van der Waals surface area (Å²) in [6, 6.07) is 23.2. The van der Waals surface area contributed by atoms with Gasteiger partial charge in [-0.15, -0.1) is 0 Å². The maximum absolute atomic E-state index is 12.0. The molecule has 0 fully saturated rings. The van der Waals surface area contributed by atoms with Crippen LogP contribution in [0.5, 0.6) is 5.75 Å². The number of halogens is 1. The molecule has 1 N–H and O–H groups in total. The van der Waals surface area contributed by atoms with E-state index in [1.54, 1.807) is 54.7 Å². The molecular weight excluding hydrogens is 336 g/mol. The molecule has 0 atom stereocenters. The molecule has 0 aliphatic heterocycles. The zero-order valence-electron chi connectivity index (χ0n) is 13.2. The van der Waals surface area contributed by atoms with E-state index in [4.69, 9.17) is 16.3 Å². The molecule has 0 amide bonds. The summed E-state index contributed by atoms with van der Waals surface area (Å²) < 4.78 is 5.33. The molecule has 0 aliphatic rings. The molecule has 3 aromatic rings. The summed E-state index contributed by atoms with van der Waals surface area (Å²) in [4.78, 5) is 12.0. The van der Waals surface area contributed by atoms with Crippen LogP contribution in [-0.4, -0.2) is 12.2 Å². The predicted molar refractivity (Wildman–Crippen MR) is 101 cm³/mol. The van der Waals surface area contributed by atoms with Gasteiger partial charge in [0.15, 0.2) is 0 Å². The van der Waals surface area contributed by atoms with E-state index in [0.717, 1.165) is 11.3 Å². The van der Waals surface area contributed by atoms with Crippen LogP contribution in [0.15, 0.2) is 84.0 Å². The van der Waals surface area contributed by atoms with Gasteiger partial charge in [-0.3, -0.25) is 5.43 Å². The second-order valence-electron chi connectivity index (χ2n) is 5.20. The van der Waals surface area contributed by atoms with Crippen molar-refractivity contribution in [2.24, 2.45) is 5.10 Å². The Balaban J connectivity index is 1.57. The molecule has 5 heteroatoms. The smallest absolute Gasteiger partial charge is 0.343 e. The van der Waals surface area contributed by atoms with Gasteiger partial charge in [0.1, 0.15) is 5.75 Å². The van der Waals surface area contributed by atoms with Gasteiger partial charge in [-0.2, -0.15) is 5.10 Å². The predicted octanol–water partition coefficient (Wildman–Crippen LogP) is 5.01. The van der Waals surface area contributed by atoms with E-state index < -0.39 is 0 Å². The second kappa shape index (κ2) is 8.13. The normalized spacial score (nSPS) is 10.6. The molecule has 25 heavy (non-hydrogen) atoms. The number of rotatable bonds is 5. The lowest BCUT2D eigenvalue weighted by molar-refractivity contribution is 0.0735. The number of carbonyl (C=O) groups is 1. The standard InChI is InChI=1S/C20H15ClN2O2/c21-17-8-10-18(11-9-17)23-22-14-15-6-12-19(13-7-15)25-20(24)16-4-2-1-3-5-16/h1-14,23H/b22-14+. The quantitative estimate of drug-likeness (QED) is 0.305. The van der Waals surface area contributed by atoms with Crippen LogP contribution < -0.4 is 10.2 Å². The number of ether oxygens (including phenoxy) is 1. The Bertz CT molecular complexity index is 860. The minimum Gasteiger partial charge on any atom is -0.423 e. The average molecular weight is 351 g/mol. The number of nitrogens with one attached hydrogen (secondary N) is 1. The Morgan fingerprint density at radius 1 is 0.920 bits per heavy atom. The van der Waals surface area contributed by atoms with Gasteiger partial charge in [0.2, 0.25) is 0 Å². The molecule has 0 radical (unpaired) electrons. The highest BCUT2D eigenvalue weighted by Crippen LogP contribution is 2.15. The first-order valence-corrected chi connectivity index (χ1v) is 8.00. The molecule has 0 aliphatic carbocycles. The minimum atomic E-state index is -0.383. The first kappa shape index (κ1) is 16.7. The highest BCUT2D eigenvalue weighted by molar-refractivity contribution is 6.30. The Hall–Kier alpha value is -3.11. The maximum atomic E-state index is 12.0. The third-order valence-electron chi connectivity index (χ3n) is 3.35. The number of hydrogen-bond acceptors (Lipinski definition) is 4. The van der Waals surface area contributed by atoms with Crippen molar-refractivity contribution in [3.8, 4) is 5.75 Å². The molecule has 0 spiro atoms. The van der Waals surface area contributed by atoms with E-state index in [0.29, 0.717) is 16.3 Å². The molecule has 4 nitrogen and oxygen atoms in total. The summed E-state index contributed by atoms with van der Waals surface area (Å²) in [7, 11) is 0. The summed E-state index contributed by atoms with van der Waals surface area (Å²) >= 11 is 5.83. The summed E-state index contributed by atoms with van der Waals surface area (Å²) in [5, 5.41) is 4.83. The molecule has 0 unspecified atom stereocenters. The van der Waals surface area contributed by atoms with Crippen LogP contribution >= 0.6 is 11.6 Å². The lowest BCUT2D eigenvalue weighted by Gasteiger charge is -2.04. The fraction of sp³-hybridized carbons (Fsp3) is 0. The fourth-order valence-corrected chi connectivity index (χ4v) is 2.19. The van der Waals surface area contributed by atoms with Crippen molar-refractivity contribution in [3.63, 3.8) is 0 Å². The third kappa shape index (κ3) is 4.93. The van der Waals surface area contributed by atoms with E-state index in [1.807, 2.05) is 30.3 Å². The lowest BCUT2D eigenvalue weighted by Crippen LogP contribution is -2.08. The molecule has 0 saturated heterocycles. The van der Waals surface area contributed by atoms with Crippen molar-refractivity contribution >= 4 is 29.5 Å². The number of esters is 1. The lowest BCUT2D eigenvalue weighted by atomic mass is 10.2. The Morgan fingerprint density at radius 3 is 2.28 bits per heavy atom. The molecule has 0 saturated carbocycles. The Labute approximate surface area is 150 Å². The van der Waals surface area contributed by atoms with Crippen LogP contribution in [0, 0.1) is 0 Å². The van der Waals surface area contributed by atoms with E-state index in [1.165, 1.54) is 0 Å². The second-order valence-corrected chi connectivity index (χ2v) is 5.64. The van der Waals surface area contributed by atoms with Gasteiger partial charge in [0.25, 0.3) is 0 Å². The highest BCUT2D eigenvalue weighted by Gasteiger charge is 2.07. The summed E-state index contributed by atoms with van der Waals surface area (Å²) in [5.74, 6) is 0.100. The van der Waals surface area contributed by atoms with E-state index in [9.17, 15) is 4.79 Å². The monoisotopic (exact) mass is 350 g/mol. The van der Waals surface area contributed by atoms with Crippen molar-refractivity contribution in [2.45, 2.75) is 0 Å². The van der Waals surface area contributed by atoms with Crippen LogP contribution in [0.1, 0.15) is 15.9 Å². The number of anilines is 1. The molecule has 3 rings (SSSR count). The number of hydrogen-bond donors (Lipinski definition) is 1. The molecule has 124 valence electrons. The van der Waals surface area contributed by atoms with Gasteiger partial charge >= 0.3 is 5.97 Å². The summed E-state index contributed by atoms with van der Waals surface area (Å²) in [6.45, 7) is 0. The Kier molecular flexibility index (Phi) is 5.44. The highest BCUT2D eigenvalue weighted by atomic mass is 35.5. The van der Waals surface area contributed by atoms with Crippen molar-refractivity contribution < 1.29 is 9.53 Å². The van der Waals surface area contributed by atoms with Gasteiger partial charge < -0.3 is 4.74 Å². The van der Waals surface area contributed by atoms with Gasteiger partial charge in [-0.05, 0) is 66.2 Å². The van der Waals surface area contributed by atoms with Gasteiger partial charge in [0, 0.05) is 5.02 Å². The number of benzene rings is 3. The van der Waals surface area contributed by atoms with Crippen LogP contribution in [0.3, 0.4) is 0 Å². The van der Waals surface area contributed by atoms with Crippen LogP contribution in [0.2, 0.25) is 5.02 Å². The summed E-state index contributed by atoms with van der Waals surface area (Å²) in [5.41, 5.74) is 5.15. The Morgan fingerprint density at radius 2 is 1.60 bits per heavy atom. The largest absolute Gasteiger partial charge is 0.423 e. The maximum Gasteiger partial charge on any atom is 0.343 e. The molecule has 0 aromatic heterocycles. The average Bonchev–Trinajstić information content (AvgIpc) is 2.65. The fourth-order valence-electron chi connectivity index (χ4n) is 2.07. The number of nitrogens with zero attached hydrogens (tertiary/aromatic N) is 1. The molecular formula is C20H15ClN2O2. The molecule has 0 heterocycles. The van der Waals surface area contributed by atoms with Gasteiger partial charge in [-0.1, -0.05) is 29.8 Å². The minimum absolute atomic E-state index is 0.383. The number of carbonyl (C=O) groups excluding carboxylic acids is 1. The zero-order chi connectivity index (χ0) is 17.5. The number of hydrazone groups is 1. The zero-order valence-corrected chi connectivity index (χ0v) is 14.0. The van der Waals surface area contributed by atoms with E-state index >= 15 is 0 Å². The van der Waals surface area contributed by atoms with Crippen molar-refractivity contribution in [3.05, 3.63) is 95.0 Å². The first-order valence-electron chi connectivity index (χ1n) is 7.63. The van der Waals surface area contributed by atoms with Crippen LogP contribution in [-0.2, 0) is 0 Å². The van der Waals surface area contributed by atoms with Crippen LogP contribution in [0.4, 0.5) is 5.69 Å². The van der Waals surface area contributed by atoms with Crippen molar-refractivity contribution in [2.75, 3.05) is 5.43 Å². The van der Waals surface area contributed by atoms with Gasteiger partial charge in [0.05, 0.1) is 17.5 Å². The van der Waals surface area contributed by atoms with E-state index in [2.05, 4.69) is 10.5 Å². The topological polar surface area (TPSA) is 50.7 Å². The molecule has 0 bridgehead atoms. The van der Waals surface area contributed by atoms with Crippen molar-refractivity contribution in [1.29, 1.82) is 0 Å². The SMILES string of the molecule is O=C(Oc1ccc(/C=N/Nc2ccc(Cl)cc2)cc1)c1ccccc1.